The fourth-order valence-corrected chi connectivity index (χ4v) is 2.92. The molecule has 1 amide bonds. The van der Waals surface area contributed by atoms with E-state index in [0.717, 1.165) is 18.6 Å². The quantitative estimate of drug-likeness (QED) is 0.588. The average molecular weight is 308 g/mol. The van der Waals surface area contributed by atoms with Crippen molar-refractivity contribution in [3.8, 4) is 0 Å². The van der Waals surface area contributed by atoms with Gasteiger partial charge in [-0.25, -0.2) is 5.43 Å². The maximum atomic E-state index is 11.9. The molecular weight excluding hydrogens is 288 g/mol. The monoisotopic (exact) mass is 308 g/mol. The molecule has 0 bridgehead atoms. The molecule has 0 aromatic carbocycles. The number of aromatic nitrogens is 2. The molecule has 0 unspecified atom stereocenters. The summed E-state index contributed by atoms with van der Waals surface area (Å²) >= 11 is 4.87. The first-order chi connectivity index (χ1) is 9.95. The molecule has 1 aliphatic rings. The smallest absolute Gasteiger partial charge is 0.251 e. The van der Waals surface area contributed by atoms with E-state index < -0.39 is 0 Å². The second-order valence-corrected chi connectivity index (χ2v) is 6.00. The molecule has 1 fully saturated rings. The predicted octanol–water partition coefficient (Wildman–Crippen LogP) is 1.90. The van der Waals surface area contributed by atoms with Crippen LogP contribution >= 0.6 is 12.2 Å². The summed E-state index contributed by atoms with van der Waals surface area (Å²) in [5.74, 6) is 0.544. The van der Waals surface area contributed by atoms with Gasteiger partial charge in [0.05, 0.1) is 6.42 Å². The molecule has 1 heterocycles. The highest BCUT2D eigenvalue weighted by atomic mass is 32.1. The molecule has 6 nitrogen and oxygen atoms in total. The molecule has 1 saturated carbocycles. The summed E-state index contributed by atoms with van der Waals surface area (Å²) in [6, 6.07) is 1.33. The summed E-state index contributed by atoms with van der Waals surface area (Å²) in [6.07, 6.45) is 3.48. The van der Waals surface area contributed by atoms with Crippen molar-refractivity contribution in [2.45, 2.75) is 39.5 Å². The molecule has 2 rings (SSSR count). The van der Waals surface area contributed by atoms with E-state index in [2.05, 4.69) is 34.3 Å². The molecule has 114 valence electrons. The molecule has 0 radical (unpaired) electrons. The third-order valence-corrected chi connectivity index (χ3v) is 3.97. The van der Waals surface area contributed by atoms with Crippen molar-refractivity contribution < 1.29 is 4.79 Å². The lowest BCUT2D eigenvalue weighted by Crippen LogP contribution is -2.30. The molecule has 0 saturated heterocycles. The van der Waals surface area contributed by atoms with Crippen molar-refractivity contribution >= 4 is 23.8 Å². The van der Waals surface area contributed by atoms with E-state index in [0.29, 0.717) is 17.5 Å². The van der Waals surface area contributed by atoms with Gasteiger partial charge in [0.2, 0.25) is 5.91 Å². The highest BCUT2D eigenvalue weighted by Gasteiger charge is 2.23. The van der Waals surface area contributed by atoms with Crippen LogP contribution < -0.4 is 11.0 Å². The van der Waals surface area contributed by atoms with E-state index >= 15 is 0 Å². The Hall–Kier alpha value is -1.76. The van der Waals surface area contributed by atoms with E-state index in [4.69, 9.17) is 12.2 Å². The SMILES string of the molecule is C[C@@H]1CCC[C@H](C)C1=NNC(=O)Cc1cc(=O)[nH]c(=S)[nH]1. The average Bonchev–Trinajstić information content (AvgIpc) is 2.36. The van der Waals surface area contributed by atoms with Crippen LogP contribution in [0, 0.1) is 16.6 Å². The van der Waals surface area contributed by atoms with E-state index in [1.165, 1.54) is 12.5 Å². The van der Waals surface area contributed by atoms with Crippen LogP contribution in [0.2, 0.25) is 0 Å². The third kappa shape index (κ3) is 4.35. The van der Waals surface area contributed by atoms with Crippen LogP contribution in [0.3, 0.4) is 0 Å². The van der Waals surface area contributed by atoms with Crippen molar-refractivity contribution in [1.29, 1.82) is 0 Å². The lowest BCUT2D eigenvalue weighted by atomic mass is 9.81. The zero-order valence-corrected chi connectivity index (χ0v) is 13.0. The molecule has 1 aromatic heterocycles. The summed E-state index contributed by atoms with van der Waals surface area (Å²) in [5, 5.41) is 4.28. The van der Waals surface area contributed by atoms with Crippen molar-refractivity contribution in [2.24, 2.45) is 16.9 Å². The highest BCUT2D eigenvalue weighted by Crippen LogP contribution is 2.25. The molecular formula is C14H20N4O2S. The number of nitrogens with one attached hydrogen (secondary N) is 3. The lowest BCUT2D eigenvalue weighted by Gasteiger charge is -2.26. The summed E-state index contributed by atoms with van der Waals surface area (Å²) in [5.41, 5.74) is 3.79. The molecule has 0 aliphatic heterocycles. The molecule has 1 aromatic rings. The molecule has 2 atom stereocenters. The van der Waals surface area contributed by atoms with Crippen molar-refractivity contribution in [3.63, 3.8) is 0 Å². The maximum Gasteiger partial charge on any atom is 0.251 e. The predicted molar refractivity (Wildman–Crippen MR) is 83.7 cm³/mol. The normalized spacial score (nSPS) is 24.0. The summed E-state index contributed by atoms with van der Waals surface area (Å²) < 4.78 is 0.214. The Morgan fingerprint density at radius 2 is 2.05 bits per heavy atom. The second-order valence-electron chi connectivity index (χ2n) is 5.59. The van der Waals surface area contributed by atoms with Crippen LogP contribution in [-0.4, -0.2) is 21.6 Å². The van der Waals surface area contributed by atoms with Gasteiger partial charge in [0.15, 0.2) is 4.77 Å². The van der Waals surface area contributed by atoms with Gasteiger partial charge in [-0.15, -0.1) is 0 Å². The summed E-state index contributed by atoms with van der Waals surface area (Å²) in [6.45, 7) is 4.27. The van der Waals surface area contributed by atoms with Crippen LogP contribution in [0.5, 0.6) is 0 Å². The number of H-pyrrole nitrogens is 2. The first-order valence-electron chi connectivity index (χ1n) is 7.14. The Balaban J connectivity index is 2.01. The Bertz CT molecular complexity index is 621. The number of hydrazone groups is 1. The first-order valence-corrected chi connectivity index (χ1v) is 7.55. The van der Waals surface area contributed by atoms with Gasteiger partial charge in [-0.2, -0.15) is 5.10 Å². The summed E-state index contributed by atoms with van der Waals surface area (Å²) in [7, 11) is 0. The van der Waals surface area contributed by atoms with Crippen LogP contribution in [0.25, 0.3) is 0 Å². The minimum Gasteiger partial charge on any atom is -0.335 e. The zero-order valence-electron chi connectivity index (χ0n) is 12.2. The van der Waals surface area contributed by atoms with Crippen LogP contribution in [0.15, 0.2) is 16.0 Å². The molecule has 0 spiro atoms. The van der Waals surface area contributed by atoms with E-state index in [1.807, 2.05) is 0 Å². The molecule has 3 N–H and O–H groups in total. The number of rotatable bonds is 3. The summed E-state index contributed by atoms with van der Waals surface area (Å²) in [4.78, 5) is 28.4. The molecule has 7 heteroatoms. The number of carbonyl (C=O) groups is 1. The Morgan fingerprint density at radius 1 is 1.38 bits per heavy atom. The van der Waals surface area contributed by atoms with Gasteiger partial charge in [0, 0.05) is 17.5 Å². The number of hydrogen-bond donors (Lipinski definition) is 3. The zero-order chi connectivity index (χ0) is 15.4. The van der Waals surface area contributed by atoms with E-state index in [1.54, 1.807) is 0 Å². The van der Waals surface area contributed by atoms with Crippen molar-refractivity contribution in [3.05, 3.63) is 26.9 Å². The standard InChI is InChI=1S/C14H20N4O2S/c1-8-4-3-5-9(2)13(8)18-17-12(20)7-10-6-11(19)16-14(21)15-10/h6,8-9H,3-5,7H2,1-2H3,(H,17,20)(H2,15,16,19,21)/t8-,9+. The number of aromatic amines is 2. The largest absolute Gasteiger partial charge is 0.335 e. The fourth-order valence-electron chi connectivity index (χ4n) is 2.69. The van der Waals surface area contributed by atoms with Gasteiger partial charge < -0.3 is 4.98 Å². The minimum absolute atomic E-state index is 0.0487. The van der Waals surface area contributed by atoms with Gasteiger partial charge in [-0.3, -0.25) is 14.6 Å². The lowest BCUT2D eigenvalue weighted by molar-refractivity contribution is -0.120. The Labute approximate surface area is 128 Å². The topological polar surface area (TPSA) is 90.1 Å². The van der Waals surface area contributed by atoms with Gasteiger partial charge in [0.25, 0.3) is 5.56 Å². The third-order valence-electron chi connectivity index (χ3n) is 3.76. The van der Waals surface area contributed by atoms with Crippen LogP contribution in [-0.2, 0) is 11.2 Å². The van der Waals surface area contributed by atoms with E-state index in [-0.39, 0.29) is 22.7 Å². The van der Waals surface area contributed by atoms with Crippen molar-refractivity contribution in [2.75, 3.05) is 0 Å². The van der Waals surface area contributed by atoms with Gasteiger partial charge in [0.1, 0.15) is 0 Å². The maximum absolute atomic E-state index is 11.9. The van der Waals surface area contributed by atoms with Crippen LogP contribution in [0.4, 0.5) is 0 Å². The minimum atomic E-state index is -0.317. The van der Waals surface area contributed by atoms with E-state index in [9.17, 15) is 9.59 Å². The van der Waals surface area contributed by atoms with Gasteiger partial charge in [-0.05, 0) is 36.9 Å². The van der Waals surface area contributed by atoms with Crippen LogP contribution in [0.1, 0.15) is 38.8 Å². The molecule has 21 heavy (non-hydrogen) atoms. The van der Waals surface area contributed by atoms with Gasteiger partial charge >= 0.3 is 0 Å². The number of nitrogens with zero attached hydrogens (tertiary/aromatic N) is 1. The van der Waals surface area contributed by atoms with Crippen molar-refractivity contribution in [1.82, 2.24) is 15.4 Å². The molecule has 1 aliphatic carbocycles. The Morgan fingerprint density at radius 3 is 2.67 bits per heavy atom. The number of amides is 1. The highest BCUT2D eigenvalue weighted by molar-refractivity contribution is 7.71. The first kappa shape index (κ1) is 15.6. The number of hydrogen-bond acceptors (Lipinski definition) is 4. The fraction of sp³-hybridized carbons (Fsp3) is 0.571. The Kier molecular flexibility index (Phi) is 5.06. The number of carbonyl (C=O) groups excluding carboxylic acids is 1. The second kappa shape index (κ2) is 6.80. The van der Waals surface area contributed by atoms with Gasteiger partial charge in [-0.1, -0.05) is 20.3 Å².